The van der Waals surface area contributed by atoms with Crippen LogP contribution in [0.2, 0.25) is 0 Å². The van der Waals surface area contributed by atoms with E-state index in [0.29, 0.717) is 5.56 Å². The lowest BCUT2D eigenvalue weighted by Gasteiger charge is -2.29. The molecule has 176 valence electrons. The van der Waals surface area contributed by atoms with Gasteiger partial charge in [0.05, 0.1) is 0 Å². The number of ether oxygens (including phenoxy) is 2. The average Bonchev–Trinajstić information content (AvgIpc) is 2.81. The SMILES string of the molecule is CC(C)C1C(=O)C(Cc2ccccc2)(NC(=O)OC(C)(C)C)C(=O)N1C(=O)OC(C)(C)C. The number of imide groups is 1. The highest BCUT2D eigenvalue weighted by atomic mass is 16.6. The maximum atomic E-state index is 13.7. The van der Waals surface area contributed by atoms with Crippen molar-refractivity contribution in [3.63, 3.8) is 0 Å². The number of carbonyl (C=O) groups is 4. The molecule has 1 saturated heterocycles. The maximum Gasteiger partial charge on any atom is 0.417 e. The van der Waals surface area contributed by atoms with E-state index in [2.05, 4.69) is 5.32 Å². The van der Waals surface area contributed by atoms with Crippen LogP contribution in [0.1, 0.15) is 61.0 Å². The predicted molar refractivity (Wildman–Crippen MR) is 119 cm³/mol. The second-order valence-electron chi connectivity index (χ2n) is 10.4. The molecule has 1 aliphatic heterocycles. The van der Waals surface area contributed by atoms with E-state index in [1.54, 1.807) is 85.7 Å². The van der Waals surface area contributed by atoms with Crippen LogP contribution in [0.4, 0.5) is 9.59 Å². The molecule has 1 aliphatic rings. The van der Waals surface area contributed by atoms with Crippen LogP contribution in [0.15, 0.2) is 30.3 Å². The fourth-order valence-corrected chi connectivity index (χ4v) is 3.62. The minimum Gasteiger partial charge on any atom is -0.444 e. The Kier molecular flexibility index (Phi) is 7.07. The third-order valence-electron chi connectivity index (χ3n) is 4.80. The molecule has 0 aliphatic carbocycles. The van der Waals surface area contributed by atoms with Gasteiger partial charge in [0, 0.05) is 6.42 Å². The predicted octanol–water partition coefficient (Wildman–Crippen LogP) is 3.86. The van der Waals surface area contributed by atoms with Crippen LogP contribution in [-0.2, 0) is 25.5 Å². The van der Waals surface area contributed by atoms with Gasteiger partial charge in [-0.05, 0) is 53.0 Å². The zero-order chi connectivity index (χ0) is 24.5. The molecular formula is C24H34N2O6. The van der Waals surface area contributed by atoms with Crippen LogP contribution in [0, 0.1) is 5.92 Å². The summed E-state index contributed by atoms with van der Waals surface area (Å²) in [7, 11) is 0. The summed E-state index contributed by atoms with van der Waals surface area (Å²) in [5, 5.41) is 2.52. The molecular weight excluding hydrogens is 412 g/mol. The van der Waals surface area contributed by atoms with E-state index < -0.39 is 52.6 Å². The fourth-order valence-electron chi connectivity index (χ4n) is 3.62. The first kappa shape index (κ1) is 25.4. The first-order chi connectivity index (χ1) is 14.6. The van der Waals surface area contributed by atoms with Gasteiger partial charge in [0.1, 0.15) is 17.2 Å². The average molecular weight is 447 g/mol. The summed E-state index contributed by atoms with van der Waals surface area (Å²) in [6, 6.07) is 7.76. The molecule has 8 heteroatoms. The van der Waals surface area contributed by atoms with Gasteiger partial charge in [0.2, 0.25) is 0 Å². The summed E-state index contributed by atoms with van der Waals surface area (Å²) in [5.41, 5.74) is -3.05. The van der Waals surface area contributed by atoms with Gasteiger partial charge in [-0.25, -0.2) is 14.5 Å². The van der Waals surface area contributed by atoms with Crippen molar-refractivity contribution in [2.45, 2.75) is 84.6 Å². The maximum absolute atomic E-state index is 13.7. The van der Waals surface area contributed by atoms with Crippen LogP contribution in [-0.4, -0.2) is 51.6 Å². The summed E-state index contributed by atoms with van der Waals surface area (Å²) in [5.74, 6) is -1.79. The molecule has 1 aromatic carbocycles. The molecule has 2 unspecified atom stereocenters. The van der Waals surface area contributed by atoms with Crippen molar-refractivity contribution in [3.05, 3.63) is 35.9 Å². The van der Waals surface area contributed by atoms with E-state index in [4.69, 9.17) is 9.47 Å². The van der Waals surface area contributed by atoms with Gasteiger partial charge in [0.15, 0.2) is 11.3 Å². The van der Waals surface area contributed by atoms with Crippen LogP contribution in [0.3, 0.4) is 0 Å². The topological polar surface area (TPSA) is 102 Å². The molecule has 0 saturated carbocycles. The molecule has 3 amide bonds. The van der Waals surface area contributed by atoms with Crippen molar-refractivity contribution in [2.24, 2.45) is 5.92 Å². The Balaban J connectivity index is 2.57. The quantitative estimate of drug-likeness (QED) is 0.705. The third-order valence-corrected chi connectivity index (χ3v) is 4.80. The molecule has 0 bridgehead atoms. The summed E-state index contributed by atoms with van der Waals surface area (Å²) >= 11 is 0. The van der Waals surface area contributed by atoms with E-state index in [-0.39, 0.29) is 6.42 Å². The van der Waals surface area contributed by atoms with Gasteiger partial charge in [0.25, 0.3) is 5.91 Å². The number of likely N-dealkylation sites (tertiary alicyclic amines) is 1. The standard InChI is InChI=1S/C24H34N2O6/c1-15(2)17-18(27)24(14-16-12-10-9-11-13-16,25-20(29)31-22(3,4)5)19(28)26(17)21(30)32-23(6,7)8/h9-13,15,17H,14H2,1-8H3,(H,25,29). The third kappa shape index (κ3) is 5.66. The number of nitrogens with one attached hydrogen (secondary N) is 1. The van der Waals surface area contributed by atoms with Crippen molar-refractivity contribution in [1.29, 1.82) is 0 Å². The Morgan fingerprint density at radius 3 is 2.00 bits per heavy atom. The highest BCUT2D eigenvalue weighted by Crippen LogP contribution is 2.34. The number of hydrogen-bond acceptors (Lipinski definition) is 6. The molecule has 0 radical (unpaired) electrons. The van der Waals surface area contributed by atoms with Crippen molar-refractivity contribution < 1.29 is 28.7 Å². The molecule has 1 aromatic rings. The monoisotopic (exact) mass is 446 g/mol. The molecule has 1 N–H and O–H groups in total. The Morgan fingerprint density at radius 1 is 1.00 bits per heavy atom. The highest BCUT2D eigenvalue weighted by molar-refractivity contribution is 6.24. The van der Waals surface area contributed by atoms with Gasteiger partial charge in [-0.3, -0.25) is 14.9 Å². The number of rotatable bonds is 4. The second kappa shape index (κ2) is 8.92. The largest absolute Gasteiger partial charge is 0.444 e. The molecule has 8 nitrogen and oxygen atoms in total. The Bertz CT molecular complexity index is 882. The van der Waals surface area contributed by atoms with Crippen LogP contribution in [0.5, 0.6) is 0 Å². The van der Waals surface area contributed by atoms with Gasteiger partial charge in [-0.1, -0.05) is 44.2 Å². The lowest BCUT2D eigenvalue weighted by atomic mass is 9.84. The summed E-state index contributed by atoms with van der Waals surface area (Å²) in [6.07, 6.45) is -1.95. The number of carbonyl (C=O) groups excluding carboxylic acids is 4. The van der Waals surface area contributed by atoms with Crippen molar-refractivity contribution in [2.75, 3.05) is 0 Å². The smallest absolute Gasteiger partial charge is 0.417 e. The molecule has 1 heterocycles. The zero-order valence-corrected chi connectivity index (χ0v) is 20.1. The molecule has 2 rings (SSSR count). The van der Waals surface area contributed by atoms with E-state index in [1.807, 2.05) is 0 Å². The van der Waals surface area contributed by atoms with Gasteiger partial charge < -0.3 is 9.47 Å². The van der Waals surface area contributed by atoms with E-state index in [9.17, 15) is 19.2 Å². The molecule has 2 atom stereocenters. The summed E-state index contributed by atoms with van der Waals surface area (Å²) < 4.78 is 10.8. The first-order valence-electron chi connectivity index (χ1n) is 10.7. The Morgan fingerprint density at radius 2 is 1.53 bits per heavy atom. The van der Waals surface area contributed by atoms with Crippen molar-refractivity contribution in [3.8, 4) is 0 Å². The van der Waals surface area contributed by atoms with Gasteiger partial charge >= 0.3 is 12.2 Å². The number of hydrogen-bond donors (Lipinski definition) is 1. The number of alkyl carbamates (subject to hydrolysis) is 1. The van der Waals surface area contributed by atoms with Crippen LogP contribution >= 0.6 is 0 Å². The summed E-state index contributed by atoms with van der Waals surface area (Å²) in [6.45, 7) is 13.5. The zero-order valence-electron chi connectivity index (χ0n) is 20.1. The van der Waals surface area contributed by atoms with E-state index in [0.717, 1.165) is 4.90 Å². The molecule has 32 heavy (non-hydrogen) atoms. The summed E-state index contributed by atoms with van der Waals surface area (Å²) in [4.78, 5) is 54.0. The Labute approximate surface area is 189 Å². The van der Waals surface area contributed by atoms with E-state index in [1.165, 1.54) is 0 Å². The molecule has 0 aromatic heterocycles. The van der Waals surface area contributed by atoms with Crippen LogP contribution in [0.25, 0.3) is 0 Å². The van der Waals surface area contributed by atoms with Crippen molar-refractivity contribution in [1.82, 2.24) is 10.2 Å². The van der Waals surface area contributed by atoms with Crippen LogP contribution < -0.4 is 5.32 Å². The second-order valence-corrected chi connectivity index (χ2v) is 10.4. The fraction of sp³-hybridized carbons (Fsp3) is 0.583. The number of nitrogens with zero attached hydrogens (tertiary/aromatic N) is 1. The normalized spacial score (nSPS) is 21.7. The highest BCUT2D eigenvalue weighted by Gasteiger charge is 2.63. The van der Waals surface area contributed by atoms with Gasteiger partial charge in [-0.2, -0.15) is 0 Å². The minimum absolute atomic E-state index is 0.118. The number of Topliss-reactive ketones (excluding diaryl/α,β-unsaturated/α-hetero) is 1. The Hall–Kier alpha value is -2.90. The van der Waals surface area contributed by atoms with Gasteiger partial charge in [-0.15, -0.1) is 0 Å². The number of ketones is 1. The van der Waals surface area contributed by atoms with Crippen molar-refractivity contribution >= 4 is 23.9 Å². The number of amides is 3. The first-order valence-corrected chi connectivity index (χ1v) is 10.7. The lowest BCUT2D eigenvalue weighted by Crippen LogP contribution is -2.60. The molecule has 0 spiro atoms. The lowest BCUT2D eigenvalue weighted by molar-refractivity contribution is -0.135. The molecule has 1 fully saturated rings. The minimum atomic E-state index is -1.99. The number of benzene rings is 1. The van der Waals surface area contributed by atoms with E-state index >= 15 is 0 Å².